The number of para-hydroxylation sites is 2. The van der Waals surface area contributed by atoms with E-state index in [1.165, 1.54) is 26.9 Å². The lowest BCUT2D eigenvalue weighted by molar-refractivity contribution is 0.00578. The summed E-state index contributed by atoms with van der Waals surface area (Å²) in [5.41, 5.74) is 17.2. The average molecular weight is 1300 g/mol. The van der Waals surface area contributed by atoms with Gasteiger partial charge in [-0.3, -0.25) is 0 Å². The van der Waals surface area contributed by atoms with Crippen molar-refractivity contribution in [1.29, 1.82) is 0 Å². The van der Waals surface area contributed by atoms with Gasteiger partial charge in [-0.25, -0.2) is 34.9 Å². The largest absolute Gasteiger partial charge is 0.494 e. The van der Waals surface area contributed by atoms with E-state index in [-0.39, 0.29) is 11.2 Å². The van der Waals surface area contributed by atoms with Gasteiger partial charge in [0.2, 0.25) is 0 Å². The molecule has 13 aromatic carbocycles. The smallest absolute Gasteiger partial charge is 0.399 e. The van der Waals surface area contributed by atoms with E-state index in [0.717, 1.165) is 138 Å². The molecule has 1 aliphatic rings. The van der Waals surface area contributed by atoms with Gasteiger partial charge in [0.1, 0.15) is 0 Å². The molecule has 0 unspecified atom stereocenters. The zero-order chi connectivity index (χ0) is 67.8. The Balaban J connectivity index is 0.000000152. The second-order valence-electron chi connectivity index (χ2n) is 27.0. The van der Waals surface area contributed by atoms with Gasteiger partial charge in [0.15, 0.2) is 17.5 Å². The van der Waals surface area contributed by atoms with Crippen molar-refractivity contribution in [1.82, 2.24) is 34.9 Å². The van der Waals surface area contributed by atoms with Crippen LogP contribution in [0.3, 0.4) is 0 Å². The first kappa shape index (κ1) is 60.9. The second kappa shape index (κ2) is 24.8. The summed E-state index contributed by atoms with van der Waals surface area (Å²) >= 11 is 0. The molecule has 0 N–H and O–H groups in total. The summed E-state index contributed by atoms with van der Waals surface area (Å²) in [5.74, 6) is 1.93. The molecular formula is C91H64BN7O2. The molecule has 5 aromatic heterocycles. The van der Waals surface area contributed by atoms with Gasteiger partial charge in [-0.1, -0.05) is 255 Å². The van der Waals surface area contributed by atoms with Crippen LogP contribution in [0.15, 0.2) is 315 Å². The fourth-order valence-corrected chi connectivity index (χ4v) is 14.1. The zero-order valence-electron chi connectivity index (χ0n) is 56.0. The maximum Gasteiger partial charge on any atom is 0.494 e. The Bertz CT molecular complexity index is 6200. The number of nitrogens with zero attached hydrogens (tertiary/aromatic N) is 7. The monoisotopic (exact) mass is 1300 g/mol. The zero-order valence-corrected chi connectivity index (χ0v) is 56.0. The SMILES string of the molecule is CC1(C)OB(c2ccc(-c3nc4ccccc4c4ccc5nc(-c6ccc7ccccc7c6)ccc5c34)cc2)OC1(C)C.c1ccc(-c2nc(-c3ccccc3)nc(-c3ccc(-c4ccc(-c5nc6ccccc6c6ccc7nc(-c8ccc9ccccc9c8)ccc7c56)cc4)cc3)n2)cc1. The topological polar surface area (TPSA) is 109 Å². The van der Waals surface area contributed by atoms with Crippen molar-refractivity contribution in [3.63, 3.8) is 0 Å². The summed E-state index contributed by atoms with van der Waals surface area (Å²) in [6, 6.07) is 110. The van der Waals surface area contributed by atoms with Crippen molar-refractivity contribution in [3.8, 4) is 90.3 Å². The average Bonchev–Trinajstić information content (AvgIpc) is 1.34. The van der Waals surface area contributed by atoms with Gasteiger partial charge in [0.05, 0.1) is 56.0 Å². The molecule has 19 rings (SSSR count). The van der Waals surface area contributed by atoms with Crippen LogP contribution in [0.4, 0.5) is 0 Å². The number of aromatic nitrogens is 7. The van der Waals surface area contributed by atoms with E-state index < -0.39 is 7.12 Å². The van der Waals surface area contributed by atoms with E-state index in [0.29, 0.717) is 17.5 Å². The molecule has 0 aliphatic carbocycles. The number of fused-ring (bicyclic) bond motifs is 12. The highest BCUT2D eigenvalue weighted by molar-refractivity contribution is 6.62. The van der Waals surface area contributed by atoms with Crippen molar-refractivity contribution in [2.24, 2.45) is 0 Å². The van der Waals surface area contributed by atoms with Crippen molar-refractivity contribution in [2.45, 2.75) is 38.9 Å². The third-order valence-corrected chi connectivity index (χ3v) is 20.2. The molecule has 1 aliphatic heterocycles. The Hall–Kier alpha value is -12.5. The highest BCUT2D eigenvalue weighted by atomic mass is 16.7. The first-order valence-electron chi connectivity index (χ1n) is 34.3. The number of hydrogen-bond donors (Lipinski definition) is 0. The van der Waals surface area contributed by atoms with Gasteiger partial charge in [-0.15, -0.1) is 0 Å². The lowest BCUT2D eigenvalue weighted by atomic mass is 9.78. The predicted octanol–water partition coefficient (Wildman–Crippen LogP) is 22.0. The predicted molar refractivity (Wildman–Crippen MR) is 417 cm³/mol. The molecular weight excluding hydrogens is 1230 g/mol. The lowest BCUT2D eigenvalue weighted by Crippen LogP contribution is -2.41. The second-order valence-corrected chi connectivity index (χ2v) is 27.0. The first-order chi connectivity index (χ1) is 49.5. The standard InChI is InChI=1S/C53H33N5.C38H31BN2O2/c1-3-12-38(13-4-1)51-56-52(39-14-5-2-6-15-39)58-53(57-51)40-26-21-36(22-27-40)35-19-24-37(25-20-35)50-49-44(43-17-9-10-18-47(43)55-50)29-32-48-45(49)30-31-46(54-48)42-28-23-34-11-7-8-16-41(34)33-42;1-37(2)38(3,4)43-39(42-37)28-17-15-25(16-18-28)36-35-30(29-11-7-8-12-33(29)41-36)19-22-34-31(35)20-21-32(40-34)27-14-13-24-9-5-6-10-26(24)23-27/h1-33H;5-23H,1-4H3. The van der Waals surface area contributed by atoms with Crippen LogP contribution in [-0.4, -0.2) is 53.2 Å². The van der Waals surface area contributed by atoms with Gasteiger partial charge >= 0.3 is 7.12 Å². The van der Waals surface area contributed by atoms with Crippen molar-refractivity contribution >= 4 is 99.3 Å². The molecule has 0 saturated carbocycles. The van der Waals surface area contributed by atoms with Crippen LogP contribution in [-0.2, 0) is 9.31 Å². The summed E-state index contributed by atoms with van der Waals surface area (Å²) in [7, 11) is -0.404. The van der Waals surface area contributed by atoms with Crippen LogP contribution in [0.25, 0.3) is 177 Å². The number of benzene rings is 13. The molecule has 1 fully saturated rings. The van der Waals surface area contributed by atoms with Crippen molar-refractivity contribution in [3.05, 3.63) is 315 Å². The van der Waals surface area contributed by atoms with Crippen LogP contribution in [0.2, 0.25) is 0 Å². The Kier molecular flexibility index (Phi) is 15.0. The van der Waals surface area contributed by atoms with E-state index in [9.17, 15) is 0 Å². The van der Waals surface area contributed by atoms with Crippen LogP contribution < -0.4 is 5.46 Å². The van der Waals surface area contributed by atoms with Crippen molar-refractivity contribution in [2.75, 3.05) is 0 Å². The van der Waals surface area contributed by atoms with E-state index in [1.54, 1.807) is 0 Å². The molecule has 18 aromatic rings. The Morgan fingerprint density at radius 3 is 1.02 bits per heavy atom. The summed E-state index contributed by atoms with van der Waals surface area (Å²) in [6.45, 7) is 8.32. The van der Waals surface area contributed by atoms with Crippen LogP contribution >= 0.6 is 0 Å². The third kappa shape index (κ3) is 11.3. The molecule has 101 heavy (non-hydrogen) atoms. The molecule has 0 bridgehead atoms. The molecule has 0 atom stereocenters. The lowest BCUT2D eigenvalue weighted by Gasteiger charge is -2.32. The maximum atomic E-state index is 6.31. The number of pyridine rings is 4. The number of rotatable bonds is 9. The highest BCUT2D eigenvalue weighted by Gasteiger charge is 2.51. The van der Waals surface area contributed by atoms with Crippen LogP contribution in [0, 0.1) is 0 Å². The minimum absolute atomic E-state index is 0.385. The molecule has 6 heterocycles. The quantitative estimate of drug-likeness (QED) is 0.103. The molecule has 0 radical (unpaired) electrons. The maximum absolute atomic E-state index is 6.31. The van der Waals surface area contributed by atoms with Gasteiger partial charge in [0, 0.05) is 71.3 Å². The Morgan fingerprint density at radius 2 is 0.574 bits per heavy atom. The minimum atomic E-state index is -0.404. The van der Waals surface area contributed by atoms with Gasteiger partial charge < -0.3 is 9.31 Å². The Morgan fingerprint density at radius 1 is 0.238 bits per heavy atom. The summed E-state index contributed by atoms with van der Waals surface area (Å²) in [6.07, 6.45) is 0. The van der Waals surface area contributed by atoms with Crippen LogP contribution in [0.1, 0.15) is 27.7 Å². The van der Waals surface area contributed by atoms with Gasteiger partial charge in [-0.2, -0.15) is 0 Å². The van der Waals surface area contributed by atoms with Gasteiger partial charge in [0.25, 0.3) is 0 Å². The summed E-state index contributed by atoms with van der Waals surface area (Å²) in [4.78, 5) is 35.5. The van der Waals surface area contributed by atoms with E-state index >= 15 is 0 Å². The fourth-order valence-electron chi connectivity index (χ4n) is 14.1. The normalized spacial score (nSPS) is 13.4. The van der Waals surface area contributed by atoms with Crippen molar-refractivity contribution < 1.29 is 9.31 Å². The number of hydrogen-bond acceptors (Lipinski definition) is 9. The molecule has 478 valence electrons. The summed E-state index contributed by atoms with van der Waals surface area (Å²) in [5, 5.41) is 13.8. The highest BCUT2D eigenvalue weighted by Crippen LogP contribution is 2.42. The van der Waals surface area contributed by atoms with E-state index in [4.69, 9.17) is 44.2 Å². The summed E-state index contributed by atoms with van der Waals surface area (Å²) < 4.78 is 12.6. The van der Waals surface area contributed by atoms with E-state index in [2.05, 4.69) is 276 Å². The van der Waals surface area contributed by atoms with Crippen LogP contribution in [0.5, 0.6) is 0 Å². The first-order valence-corrected chi connectivity index (χ1v) is 34.3. The Labute approximate surface area is 584 Å². The van der Waals surface area contributed by atoms with E-state index in [1.807, 2.05) is 66.7 Å². The third-order valence-electron chi connectivity index (χ3n) is 20.2. The fraction of sp³-hybridized carbons (Fsp3) is 0.0659. The molecule has 10 heteroatoms. The molecule has 0 spiro atoms. The minimum Gasteiger partial charge on any atom is -0.399 e. The molecule has 0 amide bonds. The molecule has 9 nitrogen and oxygen atoms in total. The van der Waals surface area contributed by atoms with Gasteiger partial charge in [-0.05, 0) is 137 Å². The molecule has 1 saturated heterocycles.